The van der Waals surface area contributed by atoms with Gasteiger partial charge in [-0.15, -0.1) is 0 Å². The van der Waals surface area contributed by atoms with Crippen LogP contribution < -0.4 is 10.0 Å². The van der Waals surface area contributed by atoms with Crippen molar-refractivity contribution in [3.63, 3.8) is 0 Å². The number of sulfonamides is 1. The molecule has 1 aromatic rings. The minimum atomic E-state index is -3.70. The maximum absolute atomic E-state index is 12.7. The normalized spacial score (nSPS) is 26.9. The van der Waals surface area contributed by atoms with Gasteiger partial charge in [0.05, 0.1) is 11.0 Å². The van der Waals surface area contributed by atoms with E-state index in [1.807, 2.05) is 13.8 Å². The molecule has 2 rings (SSSR count). The second-order valence-electron chi connectivity index (χ2n) is 6.90. The van der Waals surface area contributed by atoms with Crippen LogP contribution in [0.5, 0.6) is 0 Å². The van der Waals surface area contributed by atoms with Crippen LogP contribution in [0.2, 0.25) is 0 Å². The summed E-state index contributed by atoms with van der Waals surface area (Å²) in [6.07, 6.45) is 0.618. The molecule has 1 aliphatic rings. The van der Waals surface area contributed by atoms with Gasteiger partial charge in [0.25, 0.3) is 0 Å². The van der Waals surface area contributed by atoms with Crippen LogP contribution in [0.3, 0.4) is 0 Å². The van der Waals surface area contributed by atoms with Crippen molar-refractivity contribution in [2.24, 2.45) is 11.8 Å². The highest BCUT2D eigenvalue weighted by atomic mass is 32.2. The van der Waals surface area contributed by atoms with Crippen LogP contribution in [0.25, 0.3) is 0 Å². The van der Waals surface area contributed by atoms with Crippen LogP contribution in [0, 0.1) is 11.8 Å². The van der Waals surface area contributed by atoms with Crippen molar-refractivity contribution in [3.8, 4) is 0 Å². The molecule has 0 spiro atoms. The second-order valence-corrected chi connectivity index (χ2v) is 8.62. The molecule has 1 amide bonds. The Labute approximate surface area is 149 Å². The molecule has 0 aliphatic heterocycles. The molecule has 0 aromatic heterocycles. The SMILES string of the molecule is C=C(C)[C@@H]1C[C@H](O)[C@@H](C)CC1NS(=O)(=O)c1ccc(NC(C)=O)cc1. The number of carbonyl (C=O) groups is 1. The van der Waals surface area contributed by atoms with Gasteiger partial charge in [0.1, 0.15) is 0 Å². The smallest absolute Gasteiger partial charge is 0.240 e. The number of amides is 1. The van der Waals surface area contributed by atoms with E-state index in [1.165, 1.54) is 19.1 Å². The van der Waals surface area contributed by atoms with E-state index < -0.39 is 16.1 Å². The van der Waals surface area contributed by atoms with Crippen molar-refractivity contribution in [1.29, 1.82) is 0 Å². The van der Waals surface area contributed by atoms with Gasteiger partial charge in [-0.1, -0.05) is 19.1 Å². The number of carbonyl (C=O) groups excluding carboxylic acids is 1. The number of hydrogen-bond donors (Lipinski definition) is 3. The van der Waals surface area contributed by atoms with E-state index >= 15 is 0 Å². The van der Waals surface area contributed by atoms with Crippen LogP contribution in [0.15, 0.2) is 41.3 Å². The first-order valence-electron chi connectivity index (χ1n) is 8.33. The fourth-order valence-electron chi connectivity index (χ4n) is 3.24. The molecule has 25 heavy (non-hydrogen) atoms. The Balaban J connectivity index is 2.18. The Bertz CT molecular complexity index is 743. The van der Waals surface area contributed by atoms with E-state index in [-0.39, 0.29) is 28.7 Å². The van der Waals surface area contributed by atoms with Crippen molar-refractivity contribution < 1.29 is 18.3 Å². The van der Waals surface area contributed by atoms with Gasteiger partial charge in [-0.2, -0.15) is 0 Å². The molecule has 0 bridgehead atoms. The lowest BCUT2D eigenvalue weighted by atomic mass is 9.75. The Morgan fingerprint density at radius 2 is 1.80 bits per heavy atom. The Morgan fingerprint density at radius 1 is 1.20 bits per heavy atom. The minimum Gasteiger partial charge on any atom is -0.393 e. The Hall–Kier alpha value is -1.70. The van der Waals surface area contributed by atoms with Gasteiger partial charge < -0.3 is 10.4 Å². The van der Waals surface area contributed by atoms with Gasteiger partial charge in [-0.3, -0.25) is 4.79 Å². The number of benzene rings is 1. The molecule has 4 atom stereocenters. The average molecular weight is 366 g/mol. The van der Waals surface area contributed by atoms with Crippen molar-refractivity contribution in [3.05, 3.63) is 36.4 Å². The fourth-order valence-corrected chi connectivity index (χ4v) is 4.53. The van der Waals surface area contributed by atoms with Crippen molar-refractivity contribution in [2.45, 2.75) is 50.7 Å². The summed E-state index contributed by atoms with van der Waals surface area (Å²) in [6.45, 7) is 9.11. The maximum Gasteiger partial charge on any atom is 0.240 e. The quantitative estimate of drug-likeness (QED) is 0.697. The van der Waals surface area contributed by atoms with Crippen molar-refractivity contribution in [2.75, 3.05) is 5.32 Å². The zero-order valence-corrected chi connectivity index (χ0v) is 15.6. The molecular weight excluding hydrogens is 340 g/mol. The summed E-state index contributed by atoms with van der Waals surface area (Å²) in [6, 6.07) is 5.74. The molecular formula is C18H26N2O4S. The zero-order valence-electron chi connectivity index (χ0n) is 14.8. The van der Waals surface area contributed by atoms with Crippen LogP contribution in [-0.4, -0.2) is 31.6 Å². The first-order chi connectivity index (χ1) is 11.6. The number of aliphatic hydroxyl groups excluding tert-OH is 1. The standard InChI is InChI=1S/C18H26N2O4S/c1-11(2)16-10-18(22)12(3)9-17(16)20-25(23,24)15-7-5-14(6-8-15)19-13(4)21/h5-8,12,16-18,20,22H,1,9-10H2,2-4H3,(H,19,21)/t12-,16-,17?,18-/m0/s1. The van der Waals surface area contributed by atoms with Crippen LogP contribution >= 0.6 is 0 Å². The Morgan fingerprint density at radius 3 is 2.32 bits per heavy atom. The van der Waals surface area contributed by atoms with Crippen LogP contribution in [0.1, 0.15) is 33.6 Å². The number of hydrogen-bond acceptors (Lipinski definition) is 4. The monoisotopic (exact) mass is 366 g/mol. The summed E-state index contributed by atoms with van der Waals surface area (Å²) in [5.41, 5.74) is 1.40. The van der Waals surface area contributed by atoms with Gasteiger partial charge in [0.15, 0.2) is 0 Å². The molecule has 6 nitrogen and oxygen atoms in total. The van der Waals surface area contributed by atoms with E-state index in [0.717, 1.165) is 5.57 Å². The third-order valence-electron chi connectivity index (χ3n) is 4.69. The lowest BCUT2D eigenvalue weighted by molar-refractivity contribution is -0.114. The molecule has 3 N–H and O–H groups in total. The van der Waals surface area contributed by atoms with Gasteiger partial charge in [0, 0.05) is 18.7 Å². The number of aliphatic hydroxyl groups is 1. The summed E-state index contributed by atoms with van der Waals surface area (Å²) in [5.74, 6) is -0.294. The molecule has 1 unspecified atom stereocenters. The summed E-state index contributed by atoms with van der Waals surface area (Å²) >= 11 is 0. The maximum atomic E-state index is 12.7. The summed E-state index contributed by atoms with van der Waals surface area (Å²) in [4.78, 5) is 11.2. The molecule has 0 saturated heterocycles. The van der Waals surface area contributed by atoms with E-state index in [0.29, 0.717) is 18.5 Å². The number of anilines is 1. The topological polar surface area (TPSA) is 95.5 Å². The third kappa shape index (κ3) is 4.90. The van der Waals surface area contributed by atoms with Crippen LogP contribution in [0.4, 0.5) is 5.69 Å². The van der Waals surface area contributed by atoms with E-state index in [4.69, 9.17) is 0 Å². The predicted molar refractivity (Wildman–Crippen MR) is 97.6 cm³/mol. The molecule has 7 heteroatoms. The number of nitrogens with one attached hydrogen (secondary N) is 2. The third-order valence-corrected chi connectivity index (χ3v) is 6.19. The van der Waals surface area contributed by atoms with Gasteiger partial charge >= 0.3 is 0 Å². The summed E-state index contributed by atoms with van der Waals surface area (Å²) in [7, 11) is -3.70. The predicted octanol–water partition coefficient (Wildman–Crippen LogP) is 2.28. The lowest BCUT2D eigenvalue weighted by Gasteiger charge is -2.38. The molecule has 1 saturated carbocycles. The highest BCUT2D eigenvalue weighted by molar-refractivity contribution is 7.89. The van der Waals surface area contributed by atoms with E-state index in [1.54, 1.807) is 12.1 Å². The largest absolute Gasteiger partial charge is 0.393 e. The van der Waals surface area contributed by atoms with E-state index in [9.17, 15) is 18.3 Å². The molecule has 0 radical (unpaired) electrons. The first kappa shape index (κ1) is 19.6. The van der Waals surface area contributed by atoms with Crippen molar-refractivity contribution in [1.82, 2.24) is 4.72 Å². The molecule has 0 heterocycles. The second kappa shape index (κ2) is 7.68. The van der Waals surface area contributed by atoms with E-state index in [2.05, 4.69) is 16.6 Å². The molecule has 138 valence electrons. The molecule has 1 fully saturated rings. The van der Waals surface area contributed by atoms with Gasteiger partial charge in [-0.05, 0) is 55.9 Å². The van der Waals surface area contributed by atoms with Gasteiger partial charge in [0.2, 0.25) is 15.9 Å². The molecule has 1 aromatic carbocycles. The Kier molecular flexibility index (Phi) is 6.03. The van der Waals surface area contributed by atoms with Crippen LogP contribution in [-0.2, 0) is 14.8 Å². The average Bonchev–Trinajstić information content (AvgIpc) is 2.50. The van der Waals surface area contributed by atoms with Gasteiger partial charge in [-0.25, -0.2) is 13.1 Å². The fraction of sp³-hybridized carbons (Fsp3) is 0.500. The first-order valence-corrected chi connectivity index (χ1v) is 9.82. The summed E-state index contributed by atoms with van der Waals surface area (Å²) < 4.78 is 28.2. The number of rotatable bonds is 5. The molecule has 1 aliphatic carbocycles. The highest BCUT2D eigenvalue weighted by Gasteiger charge is 2.36. The zero-order chi connectivity index (χ0) is 18.8. The lowest BCUT2D eigenvalue weighted by Crippen LogP contribution is -2.47. The minimum absolute atomic E-state index is 0.0189. The highest BCUT2D eigenvalue weighted by Crippen LogP contribution is 2.34. The van der Waals surface area contributed by atoms with Crippen molar-refractivity contribution >= 4 is 21.6 Å². The summed E-state index contributed by atoms with van der Waals surface area (Å²) in [5, 5.41) is 12.7.